The van der Waals surface area contributed by atoms with Crippen molar-refractivity contribution in [2.45, 2.75) is 13.0 Å². The van der Waals surface area contributed by atoms with Crippen LogP contribution in [-0.2, 0) is 0 Å². The summed E-state index contributed by atoms with van der Waals surface area (Å²) in [6.45, 7) is 4.96. The van der Waals surface area contributed by atoms with E-state index in [1.165, 1.54) is 11.4 Å². The van der Waals surface area contributed by atoms with Gasteiger partial charge in [-0.25, -0.2) is 0 Å². The zero-order chi connectivity index (χ0) is 10.8. The lowest BCUT2D eigenvalue weighted by Crippen LogP contribution is -2.41. The third-order valence-corrected chi connectivity index (χ3v) is 3.00. The molecule has 0 spiro atoms. The predicted molar refractivity (Wildman–Crippen MR) is 68.5 cm³/mol. The van der Waals surface area contributed by atoms with Crippen LogP contribution < -0.4 is 16.0 Å². The average molecular weight is 270 g/mol. The van der Waals surface area contributed by atoms with Crippen molar-refractivity contribution in [3.8, 4) is 0 Å². The predicted octanol–water partition coefficient (Wildman–Crippen LogP) is 2.03. The van der Waals surface area contributed by atoms with Crippen LogP contribution in [0.3, 0.4) is 0 Å². The summed E-state index contributed by atoms with van der Waals surface area (Å²) in [6, 6.07) is 6.52. The first kappa shape index (κ1) is 10.8. The highest BCUT2D eigenvalue weighted by Gasteiger charge is 2.16. The van der Waals surface area contributed by atoms with Gasteiger partial charge >= 0.3 is 0 Å². The second-order valence-corrected chi connectivity index (χ2v) is 4.93. The number of nitrogens with two attached hydrogens (primary N) is 1. The fraction of sp³-hybridized carbons (Fsp3) is 0.455. The van der Waals surface area contributed by atoms with Crippen LogP contribution in [0.1, 0.15) is 6.92 Å². The van der Waals surface area contributed by atoms with Crippen LogP contribution in [0.25, 0.3) is 0 Å². The fourth-order valence-electron chi connectivity index (χ4n) is 1.91. The number of rotatable bonds is 2. The van der Waals surface area contributed by atoms with Crippen LogP contribution in [0.5, 0.6) is 0 Å². The Balaban J connectivity index is 2.26. The first-order valence-corrected chi connectivity index (χ1v) is 6.00. The molecule has 15 heavy (non-hydrogen) atoms. The molecule has 0 bridgehead atoms. The number of benzene rings is 1. The quantitative estimate of drug-likeness (QED) is 0.864. The van der Waals surface area contributed by atoms with Gasteiger partial charge in [0.2, 0.25) is 0 Å². The molecular formula is C11H16BrN3. The van der Waals surface area contributed by atoms with E-state index in [-0.39, 0.29) is 6.04 Å². The lowest BCUT2D eigenvalue weighted by atomic mass is 10.2. The Morgan fingerprint density at radius 3 is 3.13 bits per heavy atom. The number of anilines is 2. The van der Waals surface area contributed by atoms with Crippen LogP contribution in [0, 0.1) is 0 Å². The summed E-state index contributed by atoms with van der Waals surface area (Å²) in [4.78, 5) is 2.34. The van der Waals surface area contributed by atoms with Crippen molar-refractivity contribution in [3.63, 3.8) is 0 Å². The Hall–Kier alpha value is -0.740. The summed E-state index contributed by atoms with van der Waals surface area (Å²) in [7, 11) is 0. The molecule has 2 rings (SSSR count). The molecule has 1 unspecified atom stereocenters. The maximum atomic E-state index is 5.84. The summed E-state index contributed by atoms with van der Waals surface area (Å²) in [5.74, 6) is 0. The Bertz CT molecular complexity index is 352. The minimum absolute atomic E-state index is 0.208. The second kappa shape index (κ2) is 4.41. The summed E-state index contributed by atoms with van der Waals surface area (Å²) in [5, 5.41) is 3.39. The van der Waals surface area contributed by atoms with Crippen molar-refractivity contribution < 1.29 is 0 Å². The minimum Gasteiger partial charge on any atom is -0.382 e. The van der Waals surface area contributed by atoms with Crippen molar-refractivity contribution >= 4 is 27.3 Å². The van der Waals surface area contributed by atoms with Gasteiger partial charge in [-0.3, -0.25) is 0 Å². The monoisotopic (exact) mass is 269 g/mol. The normalized spacial score (nSPS) is 16.9. The van der Waals surface area contributed by atoms with Crippen molar-refractivity contribution in [1.82, 2.24) is 0 Å². The topological polar surface area (TPSA) is 41.3 Å². The molecule has 0 aliphatic carbocycles. The number of fused-ring (bicyclic) bond motifs is 1. The van der Waals surface area contributed by atoms with E-state index < -0.39 is 0 Å². The van der Waals surface area contributed by atoms with Crippen LogP contribution in [0.2, 0.25) is 0 Å². The summed E-state index contributed by atoms with van der Waals surface area (Å²) >= 11 is 3.48. The van der Waals surface area contributed by atoms with E-state index in [9.17, 15) is 0 Å². The molecular weight excluding hydrogens is 254 g/mol. The second-order valence-electron chi connectivity index (χ2n) is 4.01. The number of nitrogens with zero attached hydrogens (tertiary/aromatic N) is 1. The van der Waals surface area contributed by atoms with Gasteiger partial charge in [-0.1, -0.05) is 15.9 Å². The highest BCUT2D eigenvalue weighted by Crippen LogP contribution is 2.31. The zero-order valence-corrected chi connectivity index (χ0v) is 10.4. The molecule has 3 N–H and O–H groups in total. The largest absolute Gasteiger partial charge is 0.382 e. The summed E-state index contributed by atoms with van der Waals surface area (Å²) in [6.07, 6.45) is 0. The number of halogens is 1. The van der Waals surface area contributed by atoms with Gasteiger partial charge in [0.1, 0.15) is 0 Å². The molecule has 82 valence electrons. The molecule has 4 heteroatoms. The lowest BCUT2D eigenvalue weighted by molar-refractivity contribution is 0.675. The Labute approximate surface area is 98.8 Å². The molecule has 0 saturated carbocycles. The average Bonchev–Trinajstić information content (AvgIpc) is 2.16. The van der Waals surface area contributed by atoms with Crippen molar-refractivity contribution in [1.29, 1.82) is 0 Å². The number of hydrogen-bond donors (Lipinski definition) is 2. The third kappa shape index (κ3) is 2.44. The maximum Gasteiger partial charge on any atom is 0.0603 e. The smallest absolute Gasteiger partial charge is 0.0603 e. The van der Waals surface area contributed by atoms with Gasteiger partial charge in [0.05, 0.1) is 11.4 Å². The van der Waals surface area contributed by atoms with Gasteiger partial charge in [-0.05, 0) is 25.1 Å². The molecule has 1 atom stereocenters. The van der Waals surface area contributed by atoms with Gasteiger partial charge in [0.25, 0.3) is 0 Å². The van der Waals surface area contributed by atoms with E-state index in [4.69, 9.17) is 5.73 Å². The molecule has 0 saturated heterocycles. The summed E-state index contributed by atoms with van der Waals surface area (Å²) in [5.41, 5.74) is 8.28. The van der Waals surface area contributed by atoms with Crippen molar-refractivity contribution in [2.75, 3.05) is 29.9 Å². The molecule has 1 heterocycles. The Morgan fingerprint density at radius 2 is 2.40 bits per heavy atom. The van der Waals surface area contributed by atoms with Gasteiger partial charge in [0, 0.05) is 30.1 Å². The molecule has 3 nitrogen and oxygen atoms in total. The first-order chi connectivity index (χ1) is 7.16. The number of hydrogen-bond acceptors (Lipinski definition) is 3. The van der Waals surface area contributed by atoms with Gasteiger partial charge in [-0.2, -0.15) is 0 Å². The molecule has 1 aliphatic heterocycles. The van der Waals surface area contributed by atoms with Crippen LogP contribution >= 0.6 is 15.9 Å². The van der Waals surface area contributed by atoms with E-state index >= 15 is 0 Å². The van der Waals surface area contributed by atoms with Gasteiger partial charge in [-0.15, -0.1) is 0 Å². The van der Waals surface area contributed by atoms with Crippen molar-refractivity contribution in [2.24, 2.45) is 5.73 Å². The molecule has 1 aromatic carbocycles. The molecule has 1 aromatic rings. The Kier molecular flexibility index (Phi) is 3.17. The molecule has 0 fully saturated rings. The highest BCUT2D eigenvalue weighted by molar-refractivity contribution is 9.10. The SMILES string of the molecule is CC(N)CN1CCNc2cc(Br)ccc21. The standard InChI is InChI=1S/C11H16BrN3/c1-8(13)7-15-5-4-14-10-6-9(12)2-3-11(10)15/h2-3,6,8,14H,4-5,7,13H2,1H3. The highest BCUT2D eigenvalue weighted by atomic mass is 79.9. The molecule has 0 aromatic heterocycles. The first-order valence-electron chi connectivity index (χ1n) is 5.21. The zero-order valence-electron chi connectivity index (χ0n) is 8.83. The van der Waals surface area contributed by atoms with E-state index in [0.29, 0.717) is 0 Å². The van der Waals surface area contributed by atoms with Gasteiger partial charge in [0.15, 0.2) is 0 Å². The van der Waals surface area contributed by atoms with Gasteiger partial charge < -0.3 is 16.0 Å². The van der Waals surface area contributed by atoms with Crippen molar-refractivity contribution in [3.05, 3.63) is 22.7 Å². The minimum atomic E-state index is 0.208. The summed E-state index contributed by atoms with van der Waals surface area (Å²) < 4.78 is 1.11. The fourth-order valence-corrected chi connectivity index (χ4v) is 2.27. The van der Waals surface area contributed by atoms with E-state index in [0.717, 1.165) is 24.1 Å². The molecule has 0 radical (unpaired) electrons. The molecule has 0 amide bonds. The van der Waals surface area contributed by atoms with E-state index in [1.54, 1.807) is 0 Å². The Morgan fingerprint density at radius 1 is 1.60 bits per heavy atom. The maximum absolute atomic E-state index is 5.84. The number of nitrogens with one attached hydrogen (secondary N) is 1. The third-order valence-electron chi connectivity index (χ3n) is 2.50. The van der Waals surface area contributed by atoms with Crippen LogP contribution in [-0.4, -0.2) is 25.7 Å². The van der Waals surface area contributed by atoms with E-state index in [1.807, 2.05) is 6.92 Å². The lowest BCUT2D eigenvalue weighted by Gasteiger charge is -2.33. The van der Waals surface area contributed by atoms with E-state index in [2.05, 4.69) is 44.3 Å². The molecule has 1 aliphatic rings. The van der Waals surface area contributed by atoms with Crippen LogP contribution in [0.15, 0.2) is 22.7 Å². The van der Waals surface area contributed by atoms with Crippen LogP contribution in [0.4, 0.5) is 11.4 Å².